The van der Waals surface area contributed by atoms with Gasteiger partial charge in [-0.1, -0.05) is 0 Å². The predicted molar refractivity (Wildman–Crippen MR) is 91.9 cm³/mol. The van der Waals surface area contributed by atoms with Gasteiger partial charge in [-0.05, 0) is 25.2 Å². The number of halogens is 1. The maximum absolute atomic E-state index is 14.6. The lowest BCUT2D eigenvalue weighted by Gasteiger charge is -2.29. The number of alkyl halides is 1. The number of phosphoric acid groups is 3. The Labute approximate surface area is 166 Å². The lowest BCUT2D eigenvalue weighted by molar-refractivity contribution is -0.214. The van der Waals surface area contributed by atoms with E-state index >= 15 is 0 Å². The molecule has 29 heavy (non-hydrogen) atoms. The summed E-state index contributed by atoms with van der Waals surface area (Å²) in [6.07, 6.45) is -5.12. The second kappa shape index (κ2) is 8.13. The van der Waals surface area contributed by atoms with E-state index in [2.05, 4.69) is 18.1 Å². The molecule has 0 spiro atoms. The van der Waals surface area contributed by atoms with E-state index < -0.39 is 47.8 Å². The van der Waals surface area contributed by atoms with Gasteiger partial charge in [0.2, 0.25) is 10.6 Å². The predicted octanol–water partition coefficient (Wildman–Crippen LogP) is 0.482. The van der Waals surface area contributed by atoms with E-state index in [0.29, 0.717) is 0 Å². The first-order valence-electron chi connectivity index (χ1n) is 7.14. The molecule has 7 N–H and O–H groups in total. The molecule has 1 aliphatic heterocycles. The zero-order valence-corrected chi connectivity index (χ0v) is 17.6. The summed E-state index contributed by atoms with van der Waals surface area (Å²) in [4.78, 5) is 39.4. The first-order chi connectivity index (χ1) is 12.9. The van der Waals surface area contributed by atoms with Crippen LogP contribution in [0.5, 0.6) is 0 Å². The van der Waals surface area contributed by atoms with Crippen molar-refractivity contribution in [3.05, 3.63) is 17.0 Å². The summed E-state index contributed by atoms with van der Waals surface area (Å²) in [6.45, 7) is 0.789. The molecule has 15 nitrogen and oxygen atoms in total. The zero-order chi connectivity index (χ0) is 22.4. The Balaban J connectivity index is 2.25. The molecule has 0 saturated carbocycles. The number of hydrogen-bond acceptors (Lipinski definition) is 11. The SMILES string of the molecule is C[C@]1(OP(=O)(O)OP(=O)(O)OP(=O)(O)O)O[C@@H](n2ccc(N)nc2=S)[C@@H](F)[C@H]1O. The molecule has 1 saturated heterocycles. The Kier molecular flexibility index (Phi) is 6.90. The number of aliphatic hydroxyl groups is 1. The highest BCUT2D eigenvalue weighted by Gasteiger charge is 2.58. The van der Waals surface area contributed by atoms with Crippen LogP contribution in [0.3, 0.4) is 0 Å². The van der Waals surface area contributed by atoms with Crippen LogP contribution in [0, 0.1) is 4.77 Å². The largest absolute Gasteiger partial charge is 0.490 e. The number of nitrogen functional groups attached to an aromatic ring is 1. The summed E-state index contributed by atoms with van der Waals surface area (Å²) in [5, 5.41) is 10.0. The van der Waals surface area contributed by atoms with Crippen molar-refractivity contribution >= 4 is 41.5 Å². The third-order valence-corrected chi connectivity index (χ3v) is 7.53. The molecule has 2 rings (SSSR count). The number of rotatable bonds is 7. The number of anilines is 1. The number of phosphoric ester groups is 1. The van der Waals surface area contributed by atoms with Crippen molar-refractivity contribution in [3.63, 3.8) is 0 Å². The molecule has 1 aliphatic rings. The van der Waals surface area contributed by atoms with E-state index in [1.54, 1.807) is 0 Å². The molecule has 0 bridgehead atoms. The number of aliphatic hydroxyl groups excluding tert-OH is 1. The van der Waals surface area contributed by atoms with Crippen LogP contribution in [-0.2, 0) is 31.6 Å². The van der Waals surface area contributed by atoms with E-state index in [-0.39, 0.29) is 10.6 Å². The lowest BCUT2D eigenvalue weighted by Crippen LogP contribution is -2.41. The van der Waals surface area contributed by atoms with Gasteiger partial charge < -0.3 is 35.2 Å². The zero-order valence-electron chi connectivity index (χ0n) is 14.1. The molecule has 20 heteroatoms. The molecule has 1 aromatic rings. The molecule has 0 radical (unpaired) electrons. The summed E-state index contributed by atoms with van der Waals surface area (Å²) in [5.41, 5.74) is 5.42. The molecule has 2 unspecified atom stereocenters. The fourth-order valence-electron chi connectivity index (χ4n) is 2.25. The van der Waals surface area contributed by atoms with Crippen LogP contribution < -0.4 is 5.73 Å². The lowest BCUT2D eigenvalue weighted by atomic mass is 10.1. The van der Waals surface area contributed by atoms with E-state index in [4.69, 9.17) is 37.4 Å². The second-order valence-corrected chi connectivity index (χ2v) is 10.3. The minimum Gasteiger partial charge on any atom is -0.384 e. The van der Waals surface area contributed by atoms with Crippen LogP contribution in [0.2, 0.25) is 0 Å². The van der Waals surface area contributed by atoms with Crippen LogP contribution in [-0.4, -0.2) is 52.3 Å². The summed E-state index contributed by atoms with van der Waals surface area (Å²) in [5.74, 6) is -2.65. The summed E-state index contributed by atoms with van der Waals surface area (Å²) in [6, 6.07) is 1.22. The average Bonchev–Trinajstić information content (AvgIpc) is 2.67. The average molecular weight is 501 g/mol. The Morgan fingerprint density at radius 1 is 1.28 bits per heavy atom. The van der Waals surface area contributed by atoms with Gasteiger partial charge in [0, 0.05) is 6.20 Å². The topological polar surface area (TPSA) is 233 Å². The number of hydrogen-bond donors (Lipinski definition) is 6. The molecule has 1 fully saturated rings. The van der Waals surface area contributed by atoms with Gasteiger partial charge in [-0.15, -0.1) is 0 Å². The first-order valence-corrected chi connectivity index (χ1v) is 12.1. The molecule has 0 amide bonds. The normalized spacial score (nSPS) is 31.9. The highest BCUT2D eigenvalue weighted by Crippen LogP contribution is 2.67. The van der Waals surface area contributed by atoms with E-state index in [9.17, 15) is 28.1 Å². The van der Waals surface area contributed by atoms with Gasteiger partial charge in [-0.2, -0.15) is 8.62 Å². The standard InChI is InChI=1S/C9H15FN3O12P3S/c1-9(23-27(18,19)25-28(20,21)24-26(15,16)17)6(14)5(10)7(22-9)13-3-2-4(11)12-8(13)29/h2-3,5-7,14H,1H3,(H,18,19)(H,20,21)(H2,11,12,29)(H2,15,16,17)/t5-,6+,7+,9+/m0/s1. The Morgan fingerprint density at radius 2 is 1.86 bits per heavy atom. The van der Waals surface area contributed by atoms with E-state index in [1.165, 1.54) is 6.07 Å². The minimum absolute atomic E-state index is 0.00349. The van der Waals surface area contributed by atoms with Crippen LogP contribution in [0.25, 0.3) is 0 Å². The van der Waals surface area contributed by atoms with E-state index in [1.807, 2.05) is 0 Å². The van der Waals surface area contributed by atoms with Gasteiger partial charge in [0.1, 0.15) is 11.9 Å². The van der Waals surface area contributed by atoms with Crippen molar-refractivity contribution in [1.82, 2.24) is 9.55 Å². The summed E-state index contributed by atoms with van der Waals surface area (Å²) < 4.78 is 65.8. The molecule has 0 aromatic carbocycles. The Bertz CT molecular complexity index is 987. The number of ether oxygens (including phenoxy) is 1. The van der Waals surface area contributed by atoms with Gasteiger partial charge in [-0.3, -0.25) is 9.09 Å². The minimum atomic E-state index is -5.82. The van der Waals surface area contributed by atoms with Gasteiger partial charge in [-0.25, -0.2) is 23.1 Å². The molecule has 6 atom stereocenters. The highest BCUT2D eigenvalue weighted by atomic mass is 32.1. The first kappa shape index (κ1) is 24.6. The quantitative estimate of drug-likeness (QED) is 0.220. The summed E-state index contributed by atoms with van der Waals surface area (Å²) in [7, 11) is -17.1. The molecule has 166 valence electrons. The Hall–Kier alpha value is -0.640. The molecular weight excluding hydrogens is 486 g/mol. The number of nitrogens with zero attached hydrogens (tertiary/aromatic N) is 2. The van der Waals surface area contributed by atoms with Gasteiger partial charge in [0.05, 0.1) is 0 Å². The van der Waals surface area contributed by atoms with Crippen molar-refractivity contribution in [2.75, 3.05) is 5.73 Å². The highest BCUT2D eigenvalue weighted by molar-refractivity contribution is 7.71. The molecular formula is C9H15FN3O12P3S. The Morgan fingerprint density at radius 3 is 2.38 bits per heavy atom. The van der Waals surface area contributed by atoms with Gasteiger partial charge in [0.15, 0.2) is 12.4 Å². The van der Waals surface area contributed by atoms with Crippen LogP contribution in [0.1, 0.15) is 13.2 Å². The maximum Gasteiger partial charge on any atom is 0.490 e. The van der Waals surface area contributed by atoms with Crippen LogP contribution in [0.4, 0.5) is 10.2 Å². The van der Waals surface area contributed by atoms with Gasteiger partial charge in [0.25, 0.3) is 0 Å². The van der Waals surface area contributed by atoms with Gasteiger partial charge >= 0.3 is 23.5 Å². The third kappa shape index (κ3) is 6.18. The monoisotopic (exact) mass is 501 g/mol. The molecule has 0 aliphatic carbocycles. The van der Waals surface area contributed by atoms with Crippen molar-refractivity contribution < 1.29 is 60.6 Å². The number of nitrogens with two attached hydrogens (primary N) is 1. The maximum atomic E-state index is 14.6. The van der Waals surface area contributed by atoms with Crippen molar-refractivity contribution in [2.24, 2.45) is 0 Å². The fourth-order valence-corrected chi connectivity index (χ4v) is 5.77. The molecule has 1 aromatic heterocycles. The van der Waals surface area contributed by atoms with Crippen LogP contribution >= 0.6 is 35.7 Å². The smallest absolute Gasteiger partial charge is 0.384 e. The van der Waals surface area contributed by atoms with Crippen LogP contribution in [0.15, 0.2) is 12.3 Å². The summed E-state index contributed by atoms with van der Waals surface area (Å²) >= 11 is 4.89. The van der Waals surface area contributed by atoms with Crippen molar-refractivity contribution in [1.29, 1.82) is 0 Å². The van der Waals surface area contributed by atoms with Crippen molar-refractivity contribution in [3.8, 4) is 0 Å². The number of aromatic nitrogens is 2. The van der Waals surface area contributed by atoms with E-state index in [0.717, 1.165) is 17.7 Å². The van der Waals surface area contributed by atoms with Crippen molar-refractivity contribution in [2.45, 2.75) is 31.2 Å². The molecule has 2 heterocycles. The fraction of sp³-hybridized carbons (Fsp3) is 0.556. The third-order valence-electron chi connectivity index (χ3n) is 3.30. The second-order valence-electron chi connectivity index (χ2n) is 5.64.